The van der Waals surface area contributed by atoms with E-state index in [9.17, 15) is 5.11 Å². The van der Waals surface area contributed by atoms with E-state index in [1.54, 1.807) is 13.2 Å². The number of rotatable bonds is 6. The molecule has 0 radical (unpaired) electrons. The largest absolute Gasteiger partial charge is 0.496 e. The summed E-state index contributed by atoms with van der Waals surface area (Å²) in [6.07, 6.45) is 4.72. The summed E-state index contributed by atoms with van der Waals surface area (Å²) < 4.78 is 5.48. The fourth-order valence-electron chi connectivity index (χ4n) is 4.11. The number of aliphatic hydroxyl groups is 1. The lowest BCUT2D eigenvalue weighted by molar-refractivity contribution is 0.119. The smallest absolute Gasteiger partial charge is 0.123 e. The number of hydrogen-bond donors (Lipinski definition) is 1. The Bertz CT molecular complexity index is 599. The van der Waals surface area contributed by atoms with Crippen LogP contribution in [0.1, 0.15) is 36.8 Å². The lowest BCUT2D eigenvalue weighted by Gasteiger charge is -2.31. The van der Waals surface area contributed by atoms with E-state index in [-0.39, 0.29) is 6.61 Å². The molecule has 3 rings (SSSR count). The van der Waals surface area contributed by atoms with Crippen molar-refractivity contribution in [1.82, 2.24) is 9.80 Å². The average Bonchev–Trinajstić information content (AvgIpc) is 3.24. The Balaban J connectivity index is 1.69. The molecule has 2 atom stereocenters. The molecule has 2 saturated heterocycles. The van der Waals surface area contributed by atoms with E-state index in [2.05, 4.69) is 15.9 Å². The minimum absolute atomic E-state index is 0.269. The van der Waals surface area contributed by atoms with Crippen LogP contribution in [0.5, 0.6) is 5.75 Å². The maximum absolute atomic E-state index is 9.54. The van der Waals surface area contributed by atoms with Crippen LogP contribution in [0.3, 0.4) is 0 Å². The summed E-state index contributed by atoms with van der Waals surface area (Å²) >= 11 is 0. The molecular formula is C19H27N3O2. The van der Waals surface area contributed by atoms with E-state index in [0.717, 1.165) is 43.9 Å². The molecule has 24 heavy (non-hydrogen) atoms. The summed E-state index contributed by atoms with van der Waals surface area (Å²) in [4.78, 5) is 4.96. The van der Waals surface area contributed by atoms with Crippen LogP contribution in [-0.4, -0.2) is 60.3 Å². The third kappa shape index (κ3) is 3.72. The van der Waals surface area contributed by atoms with Crippen LogP contribution in [0.15, 0.2) is 18.2 Å². The van der Waals surface area contributed by atoms with Crippen molar-refractivity contribution >= 4 is 0 Å². The van der Waals surface area contributed by atoms with Gasteiger partial charge in [0.15, 0.2) is 0 Å². The van der Waals surface area contributed by atoms with Crippen molar-refractivity contribution in [1.29, 1.82) is 5.26 Å². The molecule has 5 nitrogen and oxygen atoms in total. The van der Waals surface area contributed by atoms with Gasteiger partial charge in [-0.15, -0.1) is 0 Å². The third-order valence-corrected chi connectivity index (χ3v) is 5.44. The lowest BCUT2D eigenvalue weighted by atomic mass is 10.1. The Hall–Kier alpha value is -1.61. The maximum Gasteiger partial charge on any atom is 0.123 e. The van der Waals surface area contributed by atoms with Crippen molar-refractivity contribution in [2.45, 2.75) is 44.3 Å². The molecule has 2 aliphatic heterocycles. The van der Waals surface area contributed by atoms with Crippen LogP contribution < -0.4 is 4.74 Å². The highest BCUT2D eigenvalue weighted by molar-refractivity contribution is 5.42. The summed E-state index contributed by atoms with van der Waals surface area (Å²) in [6.45, 7) is 4.31. The molecule has 1 aromatic carbocycles. The van der Waals surface area contributed by atoms with Crippen LogP contribution in [0.4, 0.5) is 0 Å². The minimum Gasteiger partial charge on any atom is -0.496 e. The van der Waals surface area contributed by atoms with Gasteiger partial charge in [0.25, 0.3) is 0 Å². The van der Waals surface area contributed by atoms with Gasteiger partial charge < -0.3 is 9.84 Å². The summed E-state index contributed by atoms with van der Waals surface area (Å²) in [5.41, 5.74) is 1.77. The van der Waals surface area contributed by atoms with E-state index < -0.39 is 0 Å². The summed E-state index contributed by atoms with van der Waals surface area (Å²) in [5.74, 6) is 0.856. The van der Waals surface area contributed by atoms with Crippen molar-refractivity contribution in [3.05, 3.63) is 29.3 Å². The van der Waals surface area contributed by atoms with Crippen LogP contribution in [0.2, 0.25) is 0 Å². The van der Waals surface area contributed by atoms with Gasteiger partial charge in [-0.25, -0.2) is 0 Å². The third-order valence-electron chi connectivity index (χ3n) is 5.44. The van der Waals surface area contributed by atoms with Crippen molar-refractivity contribution in [2.24, 2.45) is 0 Å². The Kier molecular flexibility index (Phi) is 5.72. The average molecular weight is 329 g/mol. The Morgan fingerprint density at radius 2 is 1.96 bits per heavy atom. The van der Waals surface area contributed by atoms with Crippen molar-refractivity contribution in [3.8, 4) is 11.8 Å². The molecule has 0 bridgehead atoms. The fraction of sp³-hybridized carbons (Fsp3) is 0.632. The van der Waals surface area contributed by atoms with E-state index in [4.69, 9.17) is 10.00 Å². The normalized spacial score (nSPS) is 25.0. The molecule has 0 saturated carbocycles. The van der Waals surface area contributed by atoms with E-state index in [1.165, 1.54) is 19.3 Å². The molecule has 1 N–H and O–H groups in total. The molecule has 2 fully saturated rings. The van der Waals surface area contributed by atoms with Gasteiger partial charge in [0, 0.05) is 30.7 Å². The topological polar surface area (TPSA) is 59.7 Å². The summed E-state index contributed by atoms with van der Waals surface area (Å²) in [7, 11) is 1.68. The van der Waals surface area contributed by atoms with Crippen molar-refractivity contribution < 1.29 is 9.84 Å². The highest BCUT2D eigenvalue weighted by Crippen LogP contribution is 2.28. The van der Waals surface area contributed by atoms with Crippen LogP contribution in [0.25, 0.3) is 0 Å². The second-order valence-electron chi connectivity index (χ2n) is 6.88. The predicted molar refractivity (Wildman–Crippen MR) is 92.8 cm³/mol. The number of hydrogen-bond acceptors (Lipinski definition) is 5. The molecule has 2 heterocycles. The Labute approximate surface area is 144 Å². The number of ether oxygens (including phenoxy) is 1. The van der Waals surface area contributed by atoms with Gasteiger partial charge >= 0.3 is 0 Å². The highest BCUT2D eigenvalue weighted by atomic mass is 16.5. The predicted octanol–water partition coefficient (Wildman–Crippen LogP) is 1.99. The molecule has 0 spiro atoms. The number of nitriles is 1. The van der Waals surface area contributed by atoms with Gasteiger partial charge in [0.05, 0.1) is 25.3 Å². The summed E-state index contributed by atoms with van der Waals surface area (Å²) in [6, 6.07) is 8.72. The Morgan fingerprint density at radius 3 is 2.67 bits per heavy atom. The first kappa shape index (κ1) is 17.2. The van der Waals surface area contributed by atoms with Gasteiger partial charge in [0.2, 0.25) is 0 Å². The Morgan fingerprint density at radius 1 is 1.21 bits per heavy atom. The molecule has 0 amide bonds. The quantitative estimate of drug-likeness (QED) is 0.865. The molecular weight excluding hydrogens is 302 g/mol. The number of nitrogens with zero attached hydrogens (tertiary/aromatic N) is 3. The highest BCUT2D eigenvalue weighted by Gasteiger charge is 2.31. The SMILES string of the molecule is COc1ccc(C#N)cc1CN1CCCC1CN1CCCC1CO. The molecule has 1 aromatic rings. The van der Waals surface area contributed by atoms with Gasteiger partial charge in [-0.1, -0.05) is 0 Å². The number of likely N-dealkylation sites (tertiary alicyclic amines) is 2. The molecule has 5 heteroatoms. The number of benzene rings is 1. The van der Waals surface area contributed by atoms with Gasteiger partial charge in [-0.05, 0) is 57.0 Å². The molecule has 130 valence electrons. The lowest BCUT2D eigenvalue weighted by Crippen LogP contribution is -2.43. The van der Waals surface area contributed by atoms with E-state index >= 15 is 0 Å². The second kappa shape index (κ2) is 7.98. The number of methoxy groups -OCH3 is 1. The van der Waals surface area contributed by atoms with Crippen molar-refractivity contribution in [3.63, 3.8) is 0 Å². The first-order valence-corrected chi connectivity index (χ1v) is 8.91. The van der Waals surface area contributed by atoms with Crippen LogP contribution in [0, 0.1) is 11.3 Å². The standard InChI is InChI=1S/C19H27N3O2/c1-24-19-7-6-15(11-20)10-16(19)12-21-8-2-4-17(21)13-22-9-3-5-18(22)14-23/h6-7,10,17-18,23H,2-5,8-9,12-14H2,1H3. The van der Waals surface area contributed by atoms with E-state index in [1.807, 2.05) is 12.1 Å². The zero-order chi connectivity index (χ0) is 16.9. The van der Waals surface area contributed by atoms with E-state index in [0.29, 0.717) is 17.6 Å². The first-order chi connectivity index (χ1) is 11.7. The molecule has 0 aromatic heterocycles. The van der Waals surface area contributed by atoms with Gasteiger partial charge in [-0.3, -0.25) is 9.80 Å². The molecule has 0 aliphatic carbocycles. The monoisotopic (exact) mass is 329 g/mol. The fourth-order valence-corrected chi connectivity index (χ4v) is 4.11. The zero-order valence-electron chi connectivity index (χ0n) is 14.4. The second-order valence-corrected chi connectivity index (χ2v) is 6.88. The molecule has 2 unspecified atom stereocenters. The van der Waals surface area contributed by atoms with Gasteiger partial charge in [-0.2, -0.15) is 5.26 Å². The zero-order valence-corrected chi connectivity index (χ0v) is 14.4. The van der Waals surface area contributed by atoms with Crippen molar-refractivity contribution in [2.75, 3.05) is 33.4 Å². The first-order valence-electron chi connectivity index (χ1n) is 8.91. The summed E-state index contributed by atoms with van der Waals surface area (Å²) in [5, 5.41) is 18.7. The van der Waals surface area contributed by atoms with Gasteiger partial charge in [0.1, 0.15) is 5.75 Å². The molecule has 2 aliphatic rings. The number of aliphatic hydroxyl groups excluding tert-OH is 1. The minimum atomic E-state index is 0.269. The van der Waals surface area contributed by atoms with Crippen LogP contribution in [-0.2, 0) is 6.54 Å². The van der Waals surface area contributed by atoms with Crippen LogP contribution >= 0.6 is 0 Å². The maximum atomic E-state index is 9.54.